The zero-order valence-corrected chi connectivity index (χ0v) is 14.9. The minimum atomic E-state index is -0.266. The quantitative estimate of drug-likeness (QED) is 0.806. The lowest BCUT2D eigenvalue weighted by molar-refractivity contribution is -0.119. The molecular formula is C18H22ClN3O3. The lowest BCUT2D eigenvalue weighted by Gasteiger charge is -2.18. The first-order chi connectivity index (χ1) is 12.1. The number of benzene rings is 1. The summed E-state index contributed by atoms with van der Waals surface area (Å²) in [6.07, 6.45) is 6.48. The summed E-state index contributed by atoms with van der Waals surface area (Å²) < 4.78 is 4.79. The van der Waals surface area contributed by atoms with Crippen molar-refractivity contribution in [2.24, 2.45) is 11.8 Å². The van der Waals surface area contributed by atoms with E-state index in [0.717, 1.165) is 25.9 Å². The Morgan fingerprint density at radius 3 is 2.52 bits per heavy atom. The van der Waals surface area contributed by atoms with E-state index in [1.807, 2.05) is 4.90 Å². The van der Waals surface area contributed by atoms with Gasteiger partial charge in [0.2, 0.25) is 5.91 Å². The molecule has 2 atom stereocenters. The third-order valence-electron chi connectivity index (χ3n) is 4.68. The van der Waals surface area contributed by atoms with Gasteiger partial charge in [0.15, 0.2) is 0 Å². The molecule has 2 N–H and O–H groups in total. The van der Waals surface area contributed by atoms with Gasteiger partial charge in [-0.25, -0.2) is 4.79 Å². The van der Waals surface area contributed by atoms with Crippen LogP contribution in [0.5, 0.6) is 0 Å². The van der Waals surface area contributed by atoms with Crippen LogP contribution in [0, 0.1) is 11.8 Å². The Bertz CT molecular complexity index is 676. The number of nitrogens with one attached hydrogen (secondary N) is 2. The van der Waals surface area contributed by atoms with Crippen molar-refractivity contribution >= 4 is 34.9 Å². The van der Waals surface area contributed by atoms with Crippen molar-refractivity contribution in [3.63, 3.8) is 0 Å². The summed E-state index contributed by atoms with van der Waals surface area (Å²) in [5.41, 5.74) is 1.04. The van der Waals surface area contributed by atoms with Gasteiger partial charge in [-0.3, -0.25) is 4.79 Å². The van der Waals surface area contributed by atoms with Gasteiger partial charge in [-0.05, 0) is 42.9 Å². The van der Waals surface area contributed by atoms with Gasteiger partial charge in [0.25, 0.3) is 0 Å². The summed E-state index contributed by atoms with van der Waals surface area (Å²) in [6.45, 7) is 1.50. The third-order valence-corrected chi connectivity index (χ3v) is 5.00. The minimum absolute atomic E-state index is 0.0328. The van der Waals surface area contributed by atoms with E-state index < -0.39 is 0 Å². The number of hydrogen-bond donors (Lipinski definition) is 2. The standard InChI is InChI=1S/C18H22ClN3O3/c1-25-11-17(23)20-14-6-7-15(19)16(8-14)21-18(24)22-9-12-4-2-3-5-13(12)10-22/h2-3,6-8,12-13H,4-5,9-11H2,1H3,(H,20,23)(H,21,24)/t12-,13+. The average Bonchev–Trinajstić information content (AvgIpc) is 3.02. The van der Waals surface area contributed by atoms with Crippen LogP contribution in [0.3, 0.4) is 0 Å². The summed E-state index contributed by atoms with van der Waals surface area (Å²) in [4.78, 5) is 26.0. The van der Waals surface area contributed by atoms with Gasteiger partial charge in [0.05, 0.1) is 10.7 Å². The van der Waals surface area contributed by atoms with Gasteiger partial charge >= 0.3 is 6.03 Å². The SMILES string of the molecule is COCC(=O)Nc1ccc(Cl)c(NC(=O)N2C[C@H]3CC=CC[C@H]3C2)c1. The Morgan fingerprint density at radius 1 is 1.20 bits per heavy atom. The van der Waals surface area contributed by atoms with Crippen molar-refractivity contribution in [2.75, 3.05) is 37.4 Å². The molecule has 6 nitrogen and oxygen atoms in total. The number of fused-ring (bicyclic) bond motifs is 1. The van der Waals surface area contributed by atoms with E-state index in [4.69, 9.17) is 16.3 Å². The van der Waals surface area contributed by atoms with Crippen LogP contribution in [-0.4, -0.2) is 43.6 Å². The maximum absolute atomic E-state index is 12.6. The summed E-state index contributed by atoms with van der Waals surface area (Å²) in [7, 11) is 1.45. The van der Waals surface area contributed by atoms with Crippen LogP contribution in [0.4, 0.5) is 16.2 Å². The number of carbonyl (C=O) groups is 2. The van der Waals surface area contributed by atoms with Crippen LogP contribution in [0.15, 0.2) is 30.4 Å². The lowest BCUT2D eigenvalue weighted by Crippen LogP contribution is -2.33. The second-order valence-corrected chi connectivity index (χ2v) is 6.88. The topological polar surface area (TPSA) is 70.7 Å². The number of halogens is 1. The molecule has 25 heavy (non-hydrogen) atoms. The number of carbonyl (C=O) groups excluding carboxylic acids is 2. The molecule has 1 aromatic carbocycles. The first-order valence-electron chi connectivity index (χ1n) is 8.36. The van der Waals surface area contributed by atoms with E-state index in [1.54, 1.807) is 18.2 Å². The molecule has 134 valence electrons. The highest BCUT2D eigenvalue weighted by Crippen LogP contribution is 2.33. The van der Waals surface area contributed by atoms with Gasteiger partial charge in [-0.1, -0.05) is 23.8 Å². The monoisotopic (exact) mass is 363 g/mol. The van der Waals surface area contributed by atoms with E-state index >= 15 is 0 Å². The molecule has 1 aliphatic heterocycles. The summed E-state index contributed by atoms with van der Waals surface area (Å²) in [6, 6.07) is 4.82. The molecule has 1 heterocycles. The Balaban J connectivity index is 1.63. The number of allylic oxidation sites excluding steroid dienone is 2. The van der Waals surface area contributed by atoms with Gasteiger partial charge in [-0.15, -0.1) is 0 Å². The third kappa shape index (κ3) is 4.32. The van der Waals surface area contributed by atoms with E-state index in [2.05, 4.69) is 22.8 Å². The maximum Gasteiger partial charge on any atom is 0.321 e. The number of rotatable bonds is 4. The fourth-order valence-electron chi connectivity index (χ4n) is 3.40. The molecule has 2 aliphatic rings. The molecule has 0 aromatic heterocycles. The average molecular weight is 364 g/mol. The van der Waals surface area contributed by atoms with E-state index in [1.165, 1.54) is 7.11 Å². The van der Waals surface area contributed by atoms with Crippen LogP contribution >= 0.6 is 11.6 Å². The number of amides is 3. The molecule has 0 bridgehead atoms. The Morgan fingerprint density at radius 2 is 1.88 bits per heavy atom. The molecule has 1 fully saturated rings. The van der Waals surface area contributed by atoms with Crippen LogP contribution in [0.25, 0.3) is 0 Å². The highest BCUT2D eigenvalue weighted by molar-refractivity contribution is 6.33. The molecule has 0 saturated carbocycles. The summed E-state index contributed by atoms with van der Waals surface area (Å²) in [5.74, 6) is 0.829. The van der Waals surface area contributed by atoms with Gasteiger partial charge in [0.1, 0.15) is 6.61 Å². The molecule has 7 heteroatoms. The molecule has 0 radical (unpaired) electrons. The second-order valence-electron chi connectivity index (χ2n) is 6.47. The predicted molar refractivity (Wildman–Crippen MR) is 97.9 cm³/mol. The largest absolute Gasteiger partial charge is 0.375 e. The Hall–Kier alpha value is -2.05. The number of nitrogens with zero attached hydrogens (tertiary/aromatic N) is 1. The van der Waals surface area contributed by atoms with Crippen LogP contribution in [-0.2, 0) is 9.53 Å². The van der Waals surface area contributed by atoms with E-state index in [9.17, 15) is 9.59 Å². The molecule has 0 unspecified atom stereocenters. The Kier molecular flexibility index (Phi) is 5.60. The molecule has 1 aromatic rings. The zero-order valence-electron chi connectivity index (χ0n) is 14.1. The molecule has 3 amide bonds. The summed E-state index contributed by atoms with van der Waals surface area (Å²) >= 11 is 6.19. The van der Waals surface area contributed by atoms with Crippen molar-refractivity contribution in [1.29, 1.82) is 0 Å². The number of methoxy groups -OCH3 is 1. The zero-order chi connectivity index (χ0) is 17.8. The summed E-state index contributed by atoms with van der Waals surface area (Å²) in [5, 5.41) is 5.98. The van der Waals surface area contributed by atoms with Crippen LogP contribution in [0.2, 0.25) is 5.02 Å². The van der Waals surface area contributed by atoms with E-state index in [0.29, 0.717) is 28.2 Å². The second kappa shape index (κ2) is 7.89. The van der Waals surface area contributed by atoms with Crippen molar-refractivity contribution in [3.05, 3.63) is 35.4 Å². The number of likely N-dealkylation sites (tertiary alicyclic amines) is 1. The molecular weight excluding hydrogens is 342 g/mol. The van der Waals surface area contributed by atoms with Crippen molar-refractivity contribution in [2.45, 2.75) is 12.8 Å². The fourth-order valence-corrected chi connectivity index (χ4v) is 3.57. The molecule has 1 saturated heterocycles. The predicted octanol–water partition coefficient (Wildman–Crippen LogP) is 3.35. The Labute approximate surface area is 152 Å². The molecule has 0 spiro atoms. The van der Waals surface area contributed by atoms with Crippen LogP contribution < -0.4 is 10.6 Å². The molecule has 3 rings (SSSR count). The first kappa shape index (κ1) is 17.8. The molecule has 1 aliphatic carbocycles. The van der Waals surface area contributed by atoms with Crippen LogP contribution in [0.1, 0.15) is 12.8 Å². The van der Waals surface area contributed by atoms with Gasteiger partial charge < -0.3 is 20.3 Å². The normalized spacial score (nSPS) is 21.8. The maximum atomic E-state index is 12.6. The van der Waals surface area contributed by atoms with Crippen molar-refractivity contribution in [3.8, 4) is 0 Å². The van der Waals surface area contributed by atoms with E-state index in [-0.39, 0.29) is 18.5 Å². The fraction of sp³-hybridized carbons (Fsp3) is 0.444. The number of hydrogen-bond acceptors (Lipinski definition) is 3. The van der Waals surface area contributed by atoms with Gasteiger partial charge in [0, 0.05) is 25.9 Å². The van der Waals surface area contributed by atoms with Crippen molar-refractivity contribution < 1.29 is 14.3 Å². The minimum Gasteiger partial charge on any atom is -0.375 e. The number of urea groups is 1. The number of anilines is 2. The highest BCUT2D eigenvalue weighted by Gasteiger charge is 2.35. The van der Waals surface area contributed by atoms with Crippen molar-refractivity contribution in [1.82, 2.24) is 4.90 Å². The first-order valence-corrected chi connectivity index (χ1v) is 8.74. The highest BCUT2D eigenvalue weighted by atomic mass is 35.5. The smallest absolute Gasteiger partial charge is 0.321 e. The lowest BCUT2D eigenvalue weighted by atomic mass is 9.86. The van der Waals surface area contributed by atoms with Gasteiger partial charge in [-0.2, -0.15) is 0 Å². The number of ether oxygens (including phenoxy) is 1.